The highest BCUT2D eigenvalue weighted by atomic mass is 28.3. The highest BCUT2D eigenvalue weighted by Crippen LogP contribution is 2.23. The van der Waals surface area contributed by atoms with E-state index in [9.17, 15) is 4.79 Å². The Kier molecular flexibility index (Phi) is 11.4. The van der Waals surface area contributed by atoms with E-state index < -0.39 is 8.07 Å². The first-order chi connectivity index (χ1) is 15.1. The number of benzene rings is 2. The van der Waals surface area contributed by atoms with E-state index >= 15 is 0 Å². The van der Waals surface area contributed by atoms with Crippen molar-refractivity contribution in [3.63, 3.8) is 0 Å². The Morgan fingerprint density at radius 2 is 1.58 bits per heavy atom. The molecule has 2 aromatic rings. The molecule has 0 aliphatic carbocycles. The van der Waals surface area contributed by atoms with Gasteiger partial charge in [-0.15, -0.1) is 0 Å². The van der Waals surface area contributed by atoms with E-state index in [1.807, 2.05) is 0 Å². The molecule has 0 N–H and O–H groups in total. The Labute approximate surface area is 191 Å². The number of aryl methyl sites for hydroxylation is 1. The van der Waals surface area contributed by atoms with Gasteiger partial charge in [-0.25, -0.2) is 0 Å². The first-order valence-corrected chi connectivity index (χ1v) is 15.0. The van der Waals surface area contributed by atoms with Gasteiger partial charge in [0.15, 0.2) is 0 Å². The van der Waals surface area contributed by atoms with Crippen molar-refractivity contribution in [3.8, 4) is 0 Å². The molecule has 0 saturated carbocycles. The van der Waals surface area contributed by atoms with Crippen LogP contribution in [0.2, 0.25) is 12.6 Å². The molecular weight excluding hydrogens is 394 g/mol. The van der Waals surface area contributed by atoms with E-state index in [2.05, 4.69) is 85.6 Å². The summed E-state index contributed by atoms with van der Waals surface area (Å²) in [7, 11) is -1.72. The molecule has 0 bridgehead atoms. The Balaban J connectivity index is 2.08. The Morgan fingerprint density at radius 3 is 2.26 bits per heavy atom. The van der Waals surface area contributed by atoms with Gasteiger partial charge in [-0.3, -0.25) is 4.79 Å². The van der Waals surface area contributed by atoms with Gasteiger partial charge < -0.3 is 4.90 Å². The Hall–Kier alpha value is -2.13. The van der Waals surface area contributed by atoms with Crippen LogP contribution in [0.25, 0.3) is 0 Å². The lowest BCUT2D eigenvalue weighted by atomic mass is 10.1. The molecule has 0 radical (unpaired) electrons. The normalized spacial score (nSPS) is 13.3. The van der Waals surface area contributed by atoms with E-state index in [1.165, 1.54) is 61.4 Å². The summed E-state index contributed by atoms with van der Waals surface area (Å²) in [6.45, 7) is 7.85. The number of hydrogen-bond acceptors (Lipinski definition) is 2. The number of anilines is 1. The molecule has 0 saturated heterocycles. The summed E-state index contributed by atoms with van der Waals surface area (Å²) >= 11 is 0. The zero-order valence-electron chi connectivity index (χ0n) is 19.9. The van der Waals surface area contributed by atoms with Gasteiger partial charge in [0, 0.05) is 18.4 Å². The van der Waals surface area contributed by atoms with Crippen molar-refractivity contribution in [1.29, 1.82) is 0 Å². The Morgan fingerprint density at radius 1 is 0.903 bits per heavy atom. The molecule has 1 atom stereocenters. The summed E-state index contributed by atoms with van der Waals surface area (Å²) in [6.07, 6.45) is 12.7. The fourth-order valence-corrected chi connectivity index (χ4v) is 7.43. The van der Waals surface area contributed by atoms with Gasteiger partial charge in [0.2, 0.25) is 0 Å². The van der Waals surface area contributed by atoms with Crippen LogP contribution in [0.5, 0.6) is 0 Å². The number of allylic oxidation sites excluding steroid dienone is 1. The number of carbonyl (C=O) groups excluding carboxylic acids is 1. The van der Waals surface area contributed by atoms with E-state index in [-0.39, 0.29) is 0 Å². The highest BCUT2D eigenvalue weighted by Gasteiger charge is 2.27. The molecular formula is C28H41NOSi. The van der Waals surface area contributed by atoms with Crippen LogP contribution in [0.1, 0.15) is 56.6 Å². The summed E-state index contributed by atoms with van der Waals surface area (Å²) in [4.78, 5) is 13.7. The van der Waals surface area contributed by atoms with Crippen LogP contribution < -0.4 is 4.90 Å². The highest BCUT2D eigenvalue weighted by molar-refractivity contribution is 6.84. The molecule has 3 heteroatoms. The first kappa shape index (κ1) is 25.1. The second kappa shape index (κ2) is 14.0. The predicted octanol–water partition coefficient (Wildman–Crippen LogP) is 7.32. The number of carbonyl (C=O) groups is 1. The fourth-order valence-electron chi connectivity index (χ4n) is 4.19. The van der Waals surface area contributed by atoms with Gasteiger partial charge in [-0.05, 0) is 37.1 Å². The van der Waals surface area contributed by atoms with Crippen LogP contribution in [0.3, 0.4) is 0 Å². The summed E-state index contributed by atoms with van der Waals surface area (Å²) in [5, 5.41) is 0. The number of nitrogens with zero attached hydrogens (tertiary/aromatic N) is 1. The van der Waals surface area contributed by atoms with Gasteiger partial charge in [0.25, 0.3) is 0 Å². The molecule has 0 heterocycles. The van der Waals surface area contributed by atoms with Crippen molar-refractivity contribution >= 4 is 20.0 Å². The summed E-state index contributed by atoms with van der Waals surface area (Å²) in [6, 6.07) is 20.9. The van der Waals surface area contributed by atoms with Crippen LogP contribution in [0, 0.1) is 6.92 Å². The third-order valence-electron chi connectivity index (χ3n) is 6.14. The number of aldehydes is 1. The molecule has 0 spiro atoms. The summed E-state index contributed by atoms with van der Waals surface area (Å²) < 4.78 is 0. The molecule has 0 aliphatic rings. The quantitative estimate of drug-likeness (QED) is 0.126. The molecule has 1 unspecified atom stereocenters. The first-order valence-electron chi connectivity index (χ1n) is 12.0. The zero-order valence-corrected chi connectivity index (χ0v) is 20.9. The molecule has 2 nitrogen and oxygen atoms in total. The largest absolute Gasteiger partial charge is 0.374 e. The number of unbranched alkanes of at least 4 members (excludes halogenated alkanes) is 5. The summed E-state index contributed by atoms with van der Waals surface area (Å²) in [5.41, 5.74) is 6.25. The maximum Gasteiger partial charge on any atom is 0.142 e. The lowest BCUT2D eigenvalue weighted by molar-refractivity contribution is -0.104. The average Bonchev–Trinajstić information content (AvgIpc) is 2.79. The number of rotatable bonds is 15. The third-order valence-corrected chi connectivity index (χ3v) is 9.74. The van der Waals surface area contributed by atoms with Crippen LogP contribution in [0.4, 0.5) is 5.69 Å². The van der Waals surface area contributed by atoms with E-state index in [1.54, 1.807) is 6.08 Å². The van der Waals surface area contributed by atoms with Gasteiger partial charge in [0.05, 0.1) is 8.07 Å². The van der Waals surface area contributed by atoms with Crippen molar-refractivity contribution in [2.45, 2.75) is 71.4 Å². The van der Waals surface area contributed by atoms with Crippen molar-refractivity contribution in [2.24, 2.45) is 0 Å². The smallest absolute Gasteiger partial charge is 0.142 e. The zero-order chi connectivity index (χ0) is 22.4. The molecule has 0 aliphatic heterocycles. The van der Waals surface area contributed by atoms with E-state index in [4.69, 9.17) is 0 Å². The van der Waals surface area contributed by atoms with E-state index in [0.29, 0.717) is 0 Å². The van der Waals surface area contributed by atoms with E-state index in [0.717, 1.165) is 25.4 Å². The van der Waals surface area contributed by atoms with Crippen LogP contribution in [-0.2, 0) is 11.2 Å². The average molecular weight is 436 g/mol. The van der Waals surface area contributed by atoms with Crippen LogP contribution in [-0.4, -0.2) is 27.1 Å². The lowest BCUT2D eigenvalue weighted by Gasteiger charge is -2.34. The number of para-hydroxylation sites is 1. The van der Waals surface area contributed by atoms with Crippen molar-refractivity contribution < 1.29 is 4.79 Å². The van der Waals surface area contributed by atoms with Gasteiger partial charge in [-0.2, -0.15) is 0 Å². The molecule has 168 valence electrons. The maximum atomic E-state index is 11.1. The molecule has 2 aromatic carbocycles. The second-order valence-electron chi connectivity index (χ2n) is 9.16. The third kappa shape index (κ3) is 9.69. The number of hydrogen-bond donors (Lipinski definition) is 0. The van der Waals surface area contributed by atoms with Gasteiger partial charge >= 0.3 is 0 Å². The minimum absolute atomic E-state index is 0.950. The topological polar surface area (TPSA) is 20.3 Å². The van der Waals surface area contributed by atoms with Gasteiger partial charge in [-0.1, -0.05) is 112 Å². The minimum atomic E-state index is -1.72. The maximum absolute atomic E-state index is 11.1. The van der Waals surface area contributed by atoms with Crippen molar-refractivity contribution in [3.05, 3.63) is 77.5 Å². The van der Waals surface area contributed by atoms with Crippen molar-refractivity contribution in [1.82, 2.24) is 0 Å². The predicted molar refractivity (Wildman–Crippen MR) is 139 cm³/mol. The molecule has 0 aromatic heterocycles. The van der Waals surface area contributed by atoms with Crippen LogP contribution >= 0.6 is 0 Å². The minimum Gasteiger partial charge on any atom is -0.374 e. The standard InChI is InChI=1S/C28H41NOSi/c1-4-5-6-7-8-12-23-31(3,24-13-22-30)25-29(28-14-10-9-11-15-28)21-20-27-18-16-26(2)17-19-27/h9-11,13-19,22,24H,4-8,12,20-21,23,25H2,1-3H3. The van der Waals surface area contributed by atoms with Crippen LogP contribution in [0.15, 0.2) is 66.4 Å². The SMILES string of the molecule is CCCCCCCC[Si](C)(C=CC=O)CN(CCc1ccc(C)cc1)c1ccccc1. The van der Waals surface area contributed by atoms with Gasteiger partial charge in [0.1, 0.15) is 6.29 Å². The second-order valence-corrected chi connectivity index (χ2v) is 13.6. The Bertz CT molecular complexity index is 771. The molecule has 31 heavy (non-hydrogen) atoms. The molecule has 2 rings (SSSR count). The molecule has 0 amide bonds. The van der Waals surface area contributed by atoms with Crippen molar-refractivity contribution in [2.75, 3.05) is 17.6 Å². The lowest BCUT2D eigenvalue weighted by Crippen LogP contribution is -2.45. The summed E-state index contributed by atoms with van der Waals surface area (Å²) in [5.74, 6) is 0. The monoisotopic (exact) mass is 435 g/mol. The molecule has 0 fully saturated rings. The fraction of sp³-hybridized carbons (Fsp3) is 0.464.